The third kappa shape index (κ3) is 2.90. The number of thiophene rings is 1. The van der Waals surface area contributed by atoms with Gasteiger partial charge in [0.1, 0.15) is 16.5 Å². The summed E-state index contributed by atoms with van der Waals surface area (Å²) in [7, 11) is -3.77. The maximum Gasteiger partial charge on any atom is 0.238 e. The standard InChI is InChI=1S/C17H18N4O2S2/c1-9-6-7-11(8-14(9)25(18,22)23)21-16-15-12-4-3-5-13(12)24-17(15)20-10(2)19-16/h6-8H,3-5H2,1-2H3,(H2,18,22,23)(H,19,20,21). The zero-order chi connectivity index (χ0) is 17.8. The third-order valence-electron chi connectivity index (χ3n) is 4.43. The summed E-state index contributed by atoms with van der Waals surface area (Å²) in [6, 6.07) is 5.13. The minimum atomic E-state index is -3.77. The van der Waals surface area contributed by atoms with E-state index >= 15 is 0 Å². The average molecular weight is 374 g/mol. The molecule has 1 aliphatic carbocycles. The van der Waals surface area contributed by atoms with Gasteiger partial charge in [-0.2, -0.15) is 0 Å². The summed E-state index contributed by atoms with van der Waals surface area (Å²) in [5, 5.41) is 9.65. The lowest BCUT2D eigenvalue weighted by atomic mass is 10.1. The van der Waals surface area contributed by atoms with E-state index in [0.717, 1.165) is 35.3 Å². The Kier molecular flexibility index (Phi) is 3.78. The van der Waals surface area contributed by atoms with Crippen LogP contribution in [0, 0.1) is 13.8 Å². The molecule has 3 aromatic rings. The zero-order valence-electron chi connectivity index (χ0n) is 14.0. The minimum absolute atomic E-state index is 0.120. The summed E-state index contributed by atoms with van der Waals surface area (Å²) < 4.78 is 23.5. The molecule has 0 unspecified atom stereocenters. The largest absolute Gasteiger partial charge is 0.340 e. The molecule has 4 rings (SSSR count). The maximum absolute atomic E-state index is 11.8. The second-order valence-corrected chi connectivity index (χ2v) is 8.92. The number of fused-ring (bicyclic) bond motifs is 3. The van der Waals surface area contributed by atoms with Gasteiger partial charge in [0.15, 0.2) is 0 Å². The van der Waals surface area contributed by atoms with Crippen molar-refractivity contribution >= 4 is 43.1 Å². The molecule has 0 aliphatic heterocycles. The van der Waals surface area contributed by atoms with Crippen LogP contribution in [0.5, 0.6) is 0 Å². The fraction of sp³-hybridized carbons (Fsp3) is 0.294. The molecule has 0 atom stereocenters. The molecule has 0 saturated heterocycles. The van der Waals surface area contributed by atoms with E-state index in [1.807, 2.05) is 13.0 Å². The predicted molar refractivity (Wildman–Crippen MR) is 100 cm³/mol. The number of nitrogens with zero attached hydrogens (tertiary/aromatic N) is 2. The number of aromatic nitrogens is 2. The number of sulfonamides is 1. The van der Waals surface area contributed by atoms with Crippen LogP contribution in [-0.4, -0.2) is 18.4 Å². The maximum atomic E-state index is 11.8. The van der Waals surface area contributed by atoms with Gasteiger partial charge in [0.05, 0.1) is 10.3 Å². The molecule has 1 aliphatic rings. The number of anilines is 2. The van der Waals surface area contributed by atoms with E-state index in [-0.39, 0.29) is 4.90 Å². The molecule has 0 bridgehead atoms. The highest BCUT2D eigenvalue weighted by Gasteiger charge is 2.22. The zero-order valence-corrected chi connectivity index (χ0v) is 15.6. The number of hydrogen-bond donors (Lipinski definition) is 2. The van der Waals surface area contributed by atoms with Gasteiger partial charge >= 0.3 is 0 Å². The second-order valence-electron chi connectivity index (χ2n) is 6.31. The van der Waals surface area contributed by atoms with Gasteiger partial charge in [0.2, 0.25) is 10.0 Å². The van der Waals surface area contributed by atoms with E-state index in [2.05, 4.69) is 15.3 Å². The Balaban J connectivity index is 1.84. The molecule has 0 fully saturated rings. The molecule has 0 spiro atoms. The van der Waals surface area contributed by atoms with Crippen molar-refractivity contribution in [2.24, 2.45) is 5.14 Å². The summed E-state index contributed by atoms with van der Waals surface area (Å²) in [6.45, 7) is 3.59. The van der Waals surface area contributed by atoms with Crippen LogP contribution < -0.4 is 10.5 Å². The van der Waals surface area contributed by atoms with Crippen molar-refractivity contribution in [3.05, 3.63) is 40.0 Å². The summed E-state index contributed by atoms with van der Waals surface area (Å²) in [5.41, 5.74) is 2.58. The number of nitrogens with one attached hydrogen (secondary N) is 1. The van der Waals surface area contributed by atoms with Gasteiger partial charge in [-0.1, -0.05) is 6.07 Å². The molecule has 8 heteroatoms. The Morgan fingerprint density at radius 1 is 1.20 bits per heavy atom. The molecule has 2 aromatic heterocycles. The van der Waals surface area contributed by atoms with Crippen LogP contribution in [0.25, 0.3) is 10.2 Å². The fourth-order valence-corrected chi connectivity index (χ4v) is 5.43. The van der Waals surface area contributed by atoms with Crippen molar-refractivity contribution in [3.8, 4) is 0 Å². The van der Waals surface area contributed by atoms with Crippen molar-refractivity contribution in [1.82, 2.24) is 9.97 Å². The van der Waals surface area contributed by atoms with Crippen molar-refractivity contribution < 1.29 is 8.42 Å². The molecule has 130 valence electrons. The molecule has 25 heavy (non-hydrogen) atoms. The highest BCUT2D eigenvalue weighted by atomic mass is 32.2. The van der Waals surface area contributed by atoms with Gasteiger partial charge < -0.3 is 5.32 Å². The lowest BCUT2D eigenvalue weighted by Gasteiger charge is -2.11. The molecule has 0 saturated carbocycles. The average Bonchev–Trinajstić information content (AvgIpc) is 3.08. The Morgan fingerprint density at radius 3 is 2.76 bits per heavy atom. The molecule has 0 amide bonds. The van der Waals surface area contributed by atoms with Crippen molar-refractivity contribution in [2.75, 3.05) is 5.32 Å². The predicted octanol–water partition coefficient (Wildman–Crippen LogP) is 3.19. The van der Waals surface area contributed by atoms with Gasteiger partial charge in [-0.05, 0) is 56.4 Å². The van der Waals surface area contributed by atoms with Crippen LogP contribution in [-0.2, 0) is 22.9 Å². The Hall–Kier alpha value is -2.03. The Labute approximate surface area is 150 Å². The molecular weight excluding hydrogens is 356 g/mol. The molecule has 1 aromatic carbocycles. The smallest absolute Gasteiger partial charge is 0.238 e. The number of primary sulfonamides is 1. The summed E-state index contributed by atoms with van der Waals surface area (Å²) in [6.07, 6.45) is 3.28. The van der Waals surface area contributed by atoms with Crippen LogP contribution in [0.15, 0.2) is 23.1 Å². The first-order valence-corrected chi connectivity index (χ1v) is 10.4. The third-order valence-corrected chi connectivity index (χ3v) is 6.67. The van der Waals surface area contributed by atoms with E-state index in [1.54, 1.807) is 30.4 Å². The van der Waals surface area contributed by atoms with Crippen LogP contribution in [0.4, 0.5) is 11.5 Å². The normalized spacial score (nSPS) is 14.0. The van der Waals surface area contributed by atoms with Crippen LogP contribution in [0.2, 0.25) is 0 Å². The Morgan fingerprint density at radius 2 is 2.00 bits per heavy atom. The van der Waals surface area contributed by atoms with Crippen molar-refractivity contribution in [1.29, 1.82) is 0 Å². The number of aryl methyl sites for hydroxylation is 4. The molecule has 0 radical (unpaired) electrons. The van der Waals surface area contributed by atoms with Crippen molar-refractivity contribution in [3.63, 3.8) is 0 Å². The Bertz CT molecular complexity index is 1100. The van der Waals surface area contributed by atoms with Crippen LogP contribution >= 0.6 is 11.3 Å². The monoisotopic (exact) mass is 374 g/mol. The van der Waals surface area contributed by atoms with Gasteiger partial charge in [-0.25, -0.2) is 23.5 Å². The first kappa shape index (κ1) is 16.4. The van der Waals surface area contributed by atoms with Gasteiger partial charge in [0.25, 0.3) is 0 Å². The van der Waals surface area contributed by atoms with Gasteiger partial charge in [-0.3, -0.25) is 0 Å². The summed E-state index contributed by atoms with van der Waals surface area (Å²) in [5.74, 6) is 1.42. The molecule has 2 heterocycles. The van der Waals surface area contributed by atoms with E-state index in [9.17, 15) is 8.42 Å². The molecular formula is C17H18N4O2S2. The molecule has 6 nitrogen and oxygen atoms in total. The summed E-state index contributed by atoms with van der Waals surface area (Å²) >= 11 is 1.73. The number of hydrogen-bond acceptors (Lipinski definition) is 6. The fourth-order valence-electron chi connectivity index (χ4n) is 3.31. The second kappa shape index (κ2) is 5.76. The first-order valence-electron chi connectivity index (χ1n) is 8.02. The van der Waals surface area contributed by atoms with Crippen LogP contribution in [0.1, 0.15) is 28.2 Å². The van der Waals surface area contributed by atoms with E-state index in [1.165, 1.54) is 10.4 Å². The minimum Gasteiger partial charge on any atom is -0.340 e. The van der Waals surface area contributed by atoms with E-state index in [4.69, 9.17) is 5.14 Å². The van der Waals surface area contributed by atoms with Gasteiger partial charge in [-0.15, -0.1) is 11.3 Å². The number of rotatable bonds is 3. The topological polar surface area (TPSA) is 98.0 Å². The quantitative estimate of drug-likeness (QED) is 0.734. The lowest BCUT2D eigenvalue weighted by molar-refractivity contribution is 0.597. The highest BCUT2D eigenvalue weighted by molar-refractivity contribution is 7.89. The summed E-state index contributed by atoms with van der Waals surface area (Å²) in [4.78, 5) is 11.6. The molecule has 3 N–H and O–H groups in total. The van der Waals surface area contributed by atoms with E-state index < -0.39 is 10.0 Å². The van der Waals surface area contributed by atoms with Crippen LogP contribution in [0.3, 0.4) is 0 Å². The van der Waals surface area contributed by atoms with Gasteiger partial charge in [0, 0.05) is 10.6 Å². The SMILES string of the molecule is Cc1nc(Nc2ccc(C)c(S(N)(=O)=O)c2)c2c3c(sc2n1)CCC3. The van der Waals surface area contributed by atoms with Crippen molar-refractivity contribution in [2.45, 2.75) is 38.0 Å². The first-order chi connectivity index (χ1) is 11.8. The number of nitrogens with two attached hydrogens (primary N) is 1. The van der Waals surface area contributed by atoms with E-state index in [0.29, 0.717) is 17.1 Å². The lowest BCUT2D eigenvalue weighted by Crippen LogP contribution is -2.14. The number of benzene rings is 1. The highest BCUT2D eigenvalue weighted by Crippen LogP contribution is 2.40.